The highest BCUT2D eigenvalue weighted by molar-refractivity contribution is 7.13. The van der Waals surface area contributed by atoms with E-state index >= 15 is 0 Å². The van der Waals surface area contributed by atoms with Gasteiger partial charge < -0.3 is 15.5 Å². The molecule has 7 nitrogen and oxygen atoms in total. The van der Waals surface area contributed by atoms with E-state index < -0.39 is 0 Å². The Morgan fingerprint density at radius 3 is 2.37 bits per heavy atom. The van der Waals surface area contributed by atoms with E-state index in [-0.39, 0.29) is 37.1 Å². The van der Waals surface area contributed by atoms with Gasteiger partial charge in [-0.15, -0.1) is 11.3 Å². The van der Waals surface area contributed by atoms with Crippen LogP contribution < -0.4 is 15.5 Å². The Bertz CT molecular complexity index is 845. The van der Waals surface area contributed by atoms with Gasteiger partial charge in [-0.05, 0) is 49.4 Å². The number of carbonyl (C=O) groups is 3. The van der Waals surface area contributed by atoms with Gasteiger partial charge in [-0.25, -0.2) is 4.98 Å². The molecule has 3 amide bonds. The van der Waals surface area contributed by atoms with Crippen LogP contribution in [0.4, 0.5) is 10.8 Å². The van der Waals surface area contributed by atoms with Gasteiger partial charge in [0.05, 0.1) is 0 Å². The molecule has 0 saturated carbocycles. The number of nitrogens with one attached hydrogen (secondary N) is 2. The standard InChI is InChI=1S/C22H30N4O3S/c1-15(2)7-8-23-20(28)14-26(18-12-16(3)11-17(4)13-18)21(29)6-5-19(27)25-22-24-9-10-30-22/h9-13,15H,5-8,14H2,1-4H3,(H,23,28)(H,24,25,27). The van der Waals surface area contributed by atoms with Crippen LogP contribution in [0.5, 0.6) is 0 Å². The molecule has 1 heterocycles. The fraction of sp³-hybridized carbons (Fsp3) is 0.455. The summed E-state index contributed by atoms with van der Waals surface area (Å²) in [6.07, 6.45) is 2.50. The van der Waals surface area contributed by atoms with Crippen molar-refractivity contribution in [1.29, 1.82) is 0 Å². The smallest absolute Gasteiger partial charge is 0.240 e. The molecule has 0 unspecified atom stereocenters. The van der Waals surface area contributed by atoms with Crippen LogP contribution in [0.1, 0.15) is 44.2 Å². The monoisotopic (exact) mass is 430 g/mol. The van der Waals surface area contributed by atoms with E-state index in [9.17, 15) is 14.4 Å². The minimum Gasteiger partial charge on any atom is -0.355 e. The summed E-state index contributed by atoms with van der Waals surface area (Å²) in [7, 11) is 0. The molecule has 0 radical (unpaired) electrons. The first-order chi connectivity index (χ1) is 14.2. The number of aryl methyl sites for hydroxylation is 2. The second-order valence-electron chi connectivity index (χ2n) is 7.74. The Labute approximate surface area is 181 Å². The summed E-state index contributed by atoms with van der Waals surface area (Å²) in [5.74, 6) is -0.275. The molecular weight excluding hydrogens is 400 g/mol. The number of hydrogen-bond acceptors (Lipinski definition) is 5. The third kappa shape index (κ3) is 7.94. The molecule has 0 spiro atoms. The predicted octanol–water partition coefficient (Wildman–Crippen LogP) is 3.67. The molecule has 0 aliphatic carbocycles. The van der Waals surface area contributed by atoms with E-state index in [4.69, 9.17) is 0 Å². The van der Waals surface area contributed by atoms with Gasteiger partial charge in [0, 0.05) is 36.7 Å². The van der Waals surface area contributed by atoms with Crippen molar-refractivity contribution in [2.45, 2.75) is 47.0 Å². The van der Waals surface area contributed by atoms with Crippen LogP contribution in [0.15, 0.2) is 29.8 Å². The van der Waals surface area contributed by atoms with Crippen LogP contribution in [0.25, 0.3) is 0 Å². The molecule has 2 rings (SSSR count). The molecule has 2 N–H and O–H groups in total. The number of anilines is 2. The van der Waals surface area contributed by atoms with E-state index in [1.54, 1.807) is 11.6 Å². The van der Waals surface area contributed by atoms with E-state index in [0.29, 0.717) is 23.3 Å². The largest absolute Gasteiger partial charge is 0.355 e. The highest BCUT2D eigenvalue weighted by atomic mass is 32.1. The van der Waals surface area contributed by atoms with Crippen LogP contribution in [0.3, 0.4) is 0 Å². The van der Waals surface area contributed by atoms with Crippen molar-refractivity contribution in [2.24, 2.45) is 5.92 Å². The van der Waals surface area contributed by atoms with Crippen molar-refractivity contribution < 1.29 is 14.4 Å². The Morgan fingerprint density at radius 2 is 1.77 bits per heavy atom. The maximum Gasteiger partial charge on any atom is 0.240 e. The molecule has 2 aromatic rings. The van der Waals surface area contributed by atoms with Crippen LogP contribution in [-0.4, -0.2) is 35.8 Å². The molecule has 0 atom stereocenters. The number of thiazole rings is 1. The van der Waals surface area contributed by atoms with Crippen molar-refractivity contribution in [3.8, 4) is 0 Å². The Kier molecular flexibility index (Phi) is 8.98. The molecule has 0 aliphatic heterocycles. The normalized spacial score (nSPS) is 10.7. The van der Waals surface area contributed by atoms with E-state index in [1.807, 2.05) is 32.0 Å². The molecular formula is C22H30N4O3S. The number of hydrogen-bond donors (Lipinski definition) is 2. The van der Waals surface area contributed by atoms with Crippen LogP contribution in [0.2, 0.25) is 0 Å². The van der Waals surface area contributed by atoms with Gasteiger partial charge in [-0.1, -0.05) is 19.9 Å². The average Bonchev–Trinajstić information content (AvgIpc) is 3.16. The van der Waals surface area contributed by atoms with Crippen molar-refractivity contribution in [2.75, 3.05) is 23.3 Å². The maximum absolute atomic E-state index is 12.9. The van der Waals surface area contributed by atoms with Crippen molar-refractivity contribution in [1.82, 2.24) is 10.3 Å². The van der Waals surface area contributed by atoms with Gasteiger partial charge in [-0.2, -0.15) is 0 Å². The lowest BCUT2D eigenvalue weighted by Crippen LogP contribution is -2.41. The first-order valence-corrected chi connectivity index (χ1v) is 11.0. The third-order valence-corrected chi connectivity index (χ3v) is 5.10. The molecule has 162 valence electrons. The number of rotatable bonds is 10. The fourth-order valence-electron chi connectivity index (χ4n) is 2.95. The van der Waals surface area contributed by atoms with Crippen molar-refractivity contribution in [3.05, 3.63) is 40.9 Å². The zero-order valence-electron chi connectivity index (χ0n) is 18.0. The van der Waals surface area contributed by atoms with E-state index in [1.165, 1.54) is 16.2 Å². The third-order valence-electron chi connectivity index (χ3n) is 4.41. The predicted molar refractivity (Wildman–Crippen MR) is 121 cm³/mol. The summed E-state index contributed by atoms with van der Waals surface area (Å²) in [6, 6.07) is 5.76. The summed E-state index contributed by atoms with van der Waals surface area (Å²) in [5, 5.41) is 7.81. The number of nitrogens with zero attached hydrogens (tertiary/aromatic N) is 2. The van der Waals surface area contributed by atoms with Crippen LogP contribution in [-0.2, 0) is 14.4 Å². The zero-order valence-corrected chi connectivity index (χ0v) is 18.8. The fourth-order valence-corrected chi connectivity index (χ4v) is 3.50. The SMILES string of the molecule is Cc1cc(C)cc(N(CC(=O)NCCC(C)C)C(=O)CCC(=O)Nc2nccs2)c1. The van der Waals surface area contributed by atoms with Crippen LogP contribution >= 0.6 is 11.3 Å². The van der Waals surface area contributed by atoms with Gasteiger partial charge in [0.25, 0.3) is 0 Å². The van der Waals surface area contributed by atoms with Crippen molar-refractivity contribution >= 4 is 39.9 Å². The first-order valence-electron chi connectivity index (χ1n) is 10.1. The lowest BCUT2D eigenvalue weighted by atomic mass is 10.1. The van der Waals surface area contributed by atoms with Gasteiger partial charge in [0.1, 0.15) is 6.54 Å². The van der Waals surface area contributed by atoms with Gasteiger partial charge in [0.15, 0.2) is 5.13 Å². The number of carbonyl (C=O) groups excluding carboxylic acids is 3. The second-order valence-corrected chi connectivity index (χ2v) is 8.64. The van der Waals surface area contributed by atoms with Crippen LogP contribution in [0, 0.1) is 19.8 Å². The molecule has 0 saturated heterocycles. The number of benzene rings is 1. The molecule has 1 aromatic heterocycles. The van der Waals surface area contributed by atoms with E-state index in [0.717, 1.165) is 17.5 Å². The Balaban J connectivity index is 2.04. The molecule has 8 heteroatoms. The zero-order chi connectivity index (χ0) is 22.1. The van der Waals surface area contributed by atoms with Gasteiger partial charge in [-0.3, -0.25) is 14.4 Å². The first kappa shape index (κ1) is 23.5. The summed E-state index contributed by atoms with van der Waals surface area (Å²) in [4.78, 5) is 43.0. The lowest BCUT2D eigenvalue weighted by molar-refractivity contribution is -0.125. The topological polar surface area (TPSA) is 91.4 Å². The number of aromatic nitrogens is 1. The molecule has 0 fully saturated rings. The highest BCUT2D eigenvalue weighted by Gasteiger charge is 2.21. The van der Waals surface area contributed by atoms with Gasteiger partial charge >= 0.3 is 0 Å². The minimum atomic E-state index is -0.278. The summed E-state index contributed by atoms with van der Waals surface area (Å²) >= 11 is 1.32. The average molecular weight is 431 g/mol. The molecule has 0 bridgehead atoms. The van der Waals surface area contributed by atoms with Crippen molar-refractivity contribution in [3.63, 3.8) is 0 Å². The second kappa shape index (κ2) is 11.4. The molecule has 30 heavy (non-hydrogen) atoms. The summed E-state index contributed by atoms with van der Waals surface area (Å²) < 4.78 is 0. The highest BCUT2D eigenvalue weighted by Crippen LogP contribution is 2.20. The van der Waals surface area contributed by atoms with Gasteiger partial charge in [0.2, 0.25) is 17.7 Å². The van der Waals surface area contributed by atoms with E-state index in [2.05, 4.69) is 29.5 Å². The summed E-state index contributed by atoms with van der Waals surface area (Å²) in [6.45, 7) is 8.57. The Hall–Kier alpha value is -2.74. The molecule has 0 aliphatic rings. The molecule has 1 aromatic carbocycles. The summed E-state index contributed by atoms with van der Waals surface area (Å²) in [5.41, 5.74) is 2.67. The minimum absolute atomic E-state index is 0.00344. The number of amides is 3. The Morgan fingerprint density at radius 1 is 1.07 bits per heavy atom. The maximum atomic E-state index is 12.9. The quantitative estimate of drug-likeness (QED) is 0.602. The lowest BCUT2D eigenvalue weighted by Gasteiger charge is -2.23.